The molecule has 32 heavy (non-hydrogen) atoms. The maximum Gasteiger partial charge on any atom is 0.274 e. The second kappa shape index (κ2) is 9.38. The van der Waals surface area contributed by atoms with Crippen LogP contribution in [0.5, 0.6) is 0 Å². The lowest BCUT2D eigenvalue weighted by atomic mass is 10.0. The van der Waals surface area contributed by atoms with Crippen LogP contribution in [0.25, 0.3) is 11.3 Å². The fourth-order valence-electron chi connectivity index (χ4n) is 4.36. The highest BCUT2D eigenvalue weighted by molar-refractivity contribution is 6.00. The number of furan rings is 1. The van der Waals surface area contributed by atoms with Gasteiger partial charge in [0.1, 0.15) is 5.76 Å². The van der Waals surface area contributed by atoms with Crippen molar-refractivity contribution in [3.8, 4) is 11.3 Å². The number of hydrogen-bond donors (Lipinski definition) is 2. The van der Waals surface area contributed by atoms with Crippen molar-refractivity contribution in [2.45, 2.75) is 32.5 Å². The van der Waals surface area contributed by atoms with Crippen molar-refractivity contribution >= 4 is 11.8 Å². The van der Waals surface area contributed by atoms with Gasteiger partial charge in [-0.15, -0.1) is 0 Å². The third-order valence-electron chi connectivity index (χ3n) is 6.02. The first-order valence-corrected chi connectivity index (χ1v) is 10.7. The second-order valence-corrected chi connectivity index (χ2v) is 8.24. The standard InChI is InChI=1S/C25H27N3O4/c1-17-14-27(25(30)22-7-4-3-6-21(22)23-8-5-13-32-23)15-18(2)28(17)16-19-9-11-20(12-10-19)24(29)26-31/h3-13,17-18,31H,14-16H2,1-2H3,(H,26,29)/t17-,18+. The van der Waals surface area contributed by atoms with Crippen molar-refractivity contribution in [3.63, 3.8) is 0 Å². The van der Waals surface area contributed by atoms with E-state index in [0.29, 0.717) is 36.5 Å². The number of hydrogen-bond acceptors (Lipinski definition) is 5. The fourth-order valence-corrected chi connectivity index (χ4v) is 4.36. The third-order valence-corrected chi connectivity index (χ3v) is 6.02. The van der Waals surface area contributed by atoms with Crippen molar-refractivity contribution in [2.75, 3.05) is 13.1 Å². The predicted molar refractivity (Wildman–Crippen MR) is 120 cm³/mol. The van der Waals surface area contributed by atoms with E-state index in [2.05, 4.69) is 18.7 Å². The van der Waals surface area contributed by atoms with Gasteiger partial charge < -0.3 is 9.32 Å². The minimum atomic E-state index is -0.528. The van der Waals surface area contributed by atoms with Crippen LogP contribution in [0.15, 0.2) is 71.3 Å². The molecule has 2 heterocycles. The van der Waals surface area contributed by atoms with Gasteiger partial charge in [0.15, 0.2) is 0 Å². The number of benzene rings is 2. The van der Waals surface area contributed by atoms with Crippen LogP contribution in [-0.4, -0.2) is 52.0 Å². The summed E-state index contributed by atoms with van der Waals surface area (Å²) in [4.78, 5) is 29.2. The molecule has 1 fully saturated rings. The monoisotopic (exact) mass is 433 g/mol. The van der Waals surface area contributed by atoms with Crippen LogP contribution in [0.1, 0.15) is 40.1 Å². The Morgan fingerprint density at radius 2 is 1.69 bits per heavy atom. The zero-order chi connectivity index (χ0) is 22.7. The lowest BCUT2D eigenvalue weighted by Crippen LogP contribution is -2.57. The van der Waals surface area contributed by atoms with Crippen molar-refractivity contribution < 1.29 is 19.2 Å². The summed E-state index contributed by atoms with van der Waals surface area (Å²) >= 11 is 0. The summed E-state index contributed by atoms with van der Waals surface area (Å²) in [6.45, 7) is 6.22. The molecule has 0 saturated carbocycles. The van der Waals surface area contributed by atoms with E-state index < -0.39 is 5.91 Å². The van der Waals surface area contributed by atoms with Crippen molar-refractivity contribution in [2.24, 2.45) is 0 Å². The molecule has 2 atom stereocenters. The van der Waals surface area contributed by atoms with Gasteiger partial charge in [0, 0.05) is 42.8 Å². The van der Waals surface area contributed by atoms with Gasteiger partial charge in [-0.05, 0) is 49.7 Å². The highest BCUT2D eigenvalue weighted by Gasteiger charge is 2.33. The van der Waals surface area contributed by atoms with E-state index in [9.17, 15) is 9.59 Å². The van der Waals surface area contributed by atoms with Crippen LogP contribution in [-0.2, 0) is 6.54 Å². The van der Waals surface area contributed by atoms with Crippen LogP contribution in [0, 0.1) is 0 Å². The molecular formula is C25H27N3O4. The van der Waals surface area contributed by atoms with Crippen LogP contribution in [0.2, 0.25) is 0 Å². The molecule has 0 bridgehead atoms. The summed E-state index contributed by atoms with van der Waals surface area (Å²) in [7, 11) is 0. The number of amides is 2. The van der Waals surface area contributed by atoms with E-state index in [1.54, 1.807) is 23.9 Å². The average Bonchev–Trinajstić information content (AvgIpc) is 3.35. The fraction of sp³-hybridized carbons (Fsp3) is 0.280. The zero-order valence-electron chi connectivity index (χ0n) is 18.2. The van der Waals surface area contributed by atoms with Gasteiger partial charge in [-0.2, -0.15) is 0 Å². The van der Waals surface area contributed by atoms with E-state index in [1.165, 1.54) is 0 Å². The van der Waals surface area contributed by atoms with Gasteiger partial charge in [-0.3, -0.25) is 19.7 Å². The average molecular weight is 434 g/mol. The lowest BCUT2D eigenvalue weighted by Gasteiger charge is -2.44. The molecule has 0 aliphatic carbocycles. The maximum atomic E-state index is 13.4. The Morgan fingerprint density at radius 1 is 1.00 bits per heavy atom. The summed E-state index contributed by atoms with van der Waals surface area (Å²) in [5, 5.41) is 8.77. The number of rotatable bonds is 5. The topological polar surface area (TPSA) is 86.0 Å². The lowest BCUT2D eigenvalue weighted by molar-refractivity contribution is 0.0270. The number of carbonyl (C=O) groups is 2. The molecule has 1 aromatic heterocycles. The molecule has 7 nitrogen and oxygen atoms in total. The second-order valence-electron chi connectivity index (χ2n) is 8.24. The zero-order valence-corrected chi connectivity index (χ0v) is 18.2. The SMILES string of the molecule is C[C@@H]1CN(C(=O)c2ccccc2-c2ccco2)C[C@H](C)N1Cc1ccc(C(=O)NO)cc1. The molecule has 166 valence electrons. The molecule has 0 radical (unpaired) electrons. The van der Waals surface area contributed by atoms with E-state index >= 15 is 0 Å². The van der Waals surface area contributed by atoms with Gasteiger partial charge in [-0.25, -0.2) is 5.48 Å². The quantitative estimate of drug-likeness (QED) is 0.472. The molecule has 0 unspecified atom stereocenters. The first-order valence-electron chi connectivity index (χ1n) is 10.7. The van der Waals surface area contributed by atoms with Gasteiger partial charge in [0.25, 0.3) is 11.8 Å². The van der Waals surface area contributed by atoms with Gasteiger partial charge in [0.05, 0.1) is 11.8 Å². The Labute approximate surface area is 187 Å². The Morgan fingerprint density at radius 3 is 2.31 bits per heavy atom. The van der Waals surface area contributed by atoms with Crippen LogP contribution >= 0.6 is 0 Å². The smallest absolute Gasteiger partial charge is 0.274 e. The minimum Gasteiger partial charge on any atom is -0.464 e. The summed E-state index contributed by atoms with van der Waals surface area (Å²) in [6.07, 6.45) is 1.61. The summed E-state index contributed by atoms with van der Waals surface area (Å²) in [6, 6.07) is 18.7. The Kier molecular flexibility index (Phi) is 6.39. The van der Waals surface area contributed by atoms with Crippen LogP contribution in [0.3, 0.4) is 0 Å². The number of nitrogens with zero attached hydrogens (tertiary/aromatic N) is 2. The van der Waals surface area contributed by atoms with E-state index in [-0.39, 0.29) is 18.0 Å². The van der Waals surface area contributed by atoms with Crippen molar-refractivity contribution in [1.29, 1.82) is 0 Å². The molecule has 7 heteroatoms. The molecule has 1 aliphatic heterocycles. The molecule has 1 aliphatic rings. The van der Waals surface area contributed by atoms with Crippen molar-refractivity contribution in [3.05, 3.63) is 83.6 Å². The molecule has 2 aromatic carbocycles. The summed E-state index contributed by atoms with van der Waals surface area (Å²) in [5.74, 6) is 0.168. The maximum absolute atomic E-state index is 13.4. The highest BCUT2D eigenvalue weighted by Crippen LogP contribution is 2.27. The number of carbonyl (C=O) groups excluding carboxylic acids is 2. The number of nitrogens with one attached hydrogen (secondary N) is 1. The normalized spacial score (nSPS) is 19.0. The summed E-state index contributed by atoms with van der Waals surface area (Å²) < 4.78 is 5.54. The van der Waals surface area contributed by atoms with Gasteiger partial charge in [0.2, 0.25) is 0 Å². The molecule has 0 spiro atoms. The Balaban J connectivity index is 1.47. The molecule has 4 rings (SSSR count). The first-order chi connectivity index (χ1) is 15.5. The van der Waals surface area contributed by atoms with Crippen LogP contribution in [0.4, 0.5) is 0 Å². The van der Waals surface area contributed by atoms with Crippen LogP contribution < -0.4 is 5.48 Å². The summed E-state index contributed by atoms with van der Waals surface area (Å²) in [5.41, 5.74) is 4.57. The largest absolute Gasteiger partial charge is 0.464 e. The first kappa shape index (κ1) is 21.8. The molecule has 3 aromatic rings. The Hall–Kier alpha value is -3.42. The number of piperazine rings is 1. The highest BCUT2D eigenvalue weighted by atomic mass is 16.5. The van der Waals surface area contributed by atoms with E-state index in [4.69, 9.17) is 9.62 Å². The predicted octanol–water partition coefficient (Wildman–Crippen LogP) is 3.80. The Bertz CT molecular complexity index is 1070. The molecular weight excluding hydrogens is 406 g/mol. The third kappa shape index (κ3) is 4.44. The van der Waals surface area contributed by atoms with Gasteiger partial charge in [-0.1, -0.05) is 30.3 Å². The van der Waals surface area contributed by atoms with E-state index in [0.717, 1.165) is 11.1 Å². The molecule has 2 amide bonds. The van der Waals surface area contributed by atoms with Crippen molar-refractivity contribution in [1.82, 2.24) is 15.3 Å². The van der Waals surface area contributed by atoms with Gasteiger partial charge >= 0.3 is 0 Å². The number of hydroxylamine groups is 1. The molecule has 1 saturated heterocycles. The molecule has 2 N–H and O–H groups in total. The van der Waals surface area contributed by atoms with E-state index in [1.807, 2.05) is 53.4 Å². The minimum absolute atomic E-state index is 0.00900.